The van der Waals surface area contributed by atoms with Gasteiger partial charge < -0.3 is 10.2 Å². The Labute approximate surface area is 95.7 Å². The molecule has 0 aliphatic heterocycles. The first kappa shape index (κ1) is 12.6. The van der Waals surface area contributed by atoms with Crippen LogP contribution in [0.3, 0.4) is 0 Å². The molecular weight excluding hydrogens is 204 g/mol. The molecule has 0 saturated heterocycles. The van der Waals surface area contributed by atoms with Gasteiger partial charge in [0, 0.05) is 0 Å². The van der Waals surface area contributed by atoms with E-state index < -0.39 is 11.4 Å². The molecule has 0 radical (unpaired) electrons. The van der Waals surface area contributed by atoms with Crippen molar-refractivity contribution in [2.45, 2.75) is 34.1 Å². The van der Waals surface area contributed by atoms with Gasteiger partial charge in [-0.1, -0.05) is 17.7 Å². The number of hydrogen-bond donors (Lipinski definition) is 2. The van der Waals surface area contributed by atoms with E-state index in [-0.39, 0.29) is 5.75 Å². The van der Waals surface area contributed by atoms with Crippen molar-refractivity contribution >= 4 is 5.97 Å². The van der Waals surface area contributed by atoms with Crippen LogP contribution in [0.5, 0.6) is 5.75 Å². The lowest BCUT2D eigenvalue weighted by molar-refractivity contribution is -0.146. The highest BCUT2D eigenvalue weighted by atomic mass is 16.4. The topological polar surface area (TPSA) is 57.5 Å². The summed E-state index contributed by atoms with van der Waals surface area (Å²) in [6.07, 6.45) is 0.330. The SMILES string of the molecule is Cc1cc(C)c(O)c(CC(C)(C)C(=O)O)c1. The summed E-state index contributed by atoms with van der Waals surface area (Å²) in [5.74, 6) is -0.647. The molecule has 0 fully saturated rings. The number of phenols is 1. The van der Waals surface area contributed by atoms with E-state index in [4.69, 9.17) is 5.11 Å². The highest BCUT2D eigenvalue weighted by molar-refractivity contribution is 5.74. The van der Waals surface area contributed by atoms with Crippen molar-refractivity contribution in [1.82, 2.24) is 0 Å². The first-order chi connectivity index (χ1) is 7.24. The molecule has 1 aromatic rings. The Bertz CT molecular complexity index is 419. The van der Waals surface area contributed by atoms with Gasteiger partial charge in [0.05, 0.1) is 5.41 Å². The van der Waals surface area contributed by atoms with Crippen LogP contribution in [0.15, 0.2) is 12.1 Å². The molecule has 0 spiro atoms. The standard InChI is InChI=1S/C13H18O3/c1-8-5-9(2)11(14)10(6-8)7-13(3,4)12(15)16/h5-6,14H,7H2,1-4H3,(H,15,16). The average Bonchev–Trinajstić information content (AvgIpc) is 2.12. The van der Waals surface area contributed by atoms with E-state index in [1.807, 2.05) is 26.0 Å². The average molecular weight is 222 g/mol. The summed E-state index contributed by atoms with van der Waals surface area (Å²) in [5, 5.41) is 18.9. The second-order valence-electron chi connectivity index (χ2n) is 4.96. The minimum absolute atomic E-state index is 0.208. The monoisotopic (exact) mass is 222 g/mol. The van der Waals surface area contributed by atoms with E-state index in [0.717, 1.165) is 11.1 Å². The molecule has 1 aromatic carbocycles. The van der Waals surface area contributed by atoms with Gasteiger partial charge in [0.25, 0.3) is 0 Å². The van der Waals surface area contributed by atoms with Crippen LogP contribution in [-0.2, 0) is 11.2 Å². The van der Waals surface area contributed by atoms with Gasteiger partial charge in [0.1, 0.15) is 5.75 Å². The summed E-state index contributed by atoms with van der Waals surface area (Å²) in [4.78, 5) is 11.0. The van der Waals surface area contributed by atoms with Gasteiger partial charge >= 0.3 is 5.97 Å². The Morgan fingerprint density at radius 2 is 1.88 bits per heavy atom. The van der Waals surface area contributed by atoms with Crippen LogP contribution >= 0.6 is 0 Å². The maximum Gasteiger partial charge on any atom is 0.309 e. The van der Waals surface area contributed by atoms with Crippen molar-refractivity contribution in [3.8, 4) is 5.75 Å². The normalized spacial score (nSPS) is 11.5. The van der Waals surface area contributed by atoms with Crippen LogP contribution in [-0.4, -0.2) is 16.2 Å². The van der Waals surface area contributed by atoms with E-state index in [0.29, 0.717) is 12.0 Å². The lowest BCUT2D eigenvalue weighted by atomic mass is 9.84. The predicted molar refractivity (Wildman–Crippen MR) is 62.7 cm³/mol. The summed E-state index contributed by atoms with van der Waals surface area (Å²) < 4.78 is 0. The van der Waals surface area contributed by atoms with Gasteiger partial charge in [-0.2, -0.15) is 0 Å². The quantitative estimate of drug-likeness (QED) is 0.826. The zero-order chi connectivity index (χ0) is 12.5. The number of aryl methyl sites for hydroxylation is 2. The molecule has 2 N–H and O–H groups in total. The molecule has 1 rings (SSSR count). The highest BCUT2D eigenvalue weighted by Crippen LogP contribution is 2.30. The molecule has 0 bridgehead atoms. The molecule has 0 saturated carbocycles. The molecule has 0 unspecified atom stereocenters. The molecule has 3 heteroatoms. The Hall–Kier alpha value is -1.51. The first-order valence-electron chi connectivity index (χ1n) is 5.26. The predicted octanol–water partition coefficient (Wildman–Crippen LogP) is 2.66. The van der Waals surface area contributed by atoms with Crippen molar-refractivity contribution < 1.29 is 15.0 Å². The van der Waals surface area contributed by atoms with Gasteiger partial charge in [-0.15, -0.1) is 0 Å². The number of benzene rings is 1. The number of phenolic OH excluding ortho intramolecular Hbond substituents is 1. The summed E-state index contributed by atoms with van der Waals surface area (Å²) in [7, 11) is 0. The largest absolute Gasteiger partial charge is 0.507 e. The van der Waals surface area contributed by atoms with Crippen molar-refractivity contribution in [2.75, 3.05) is 0 Å². The van der Waals surface area contributed by atoms with Gasteiger partial charge in [-0.05, 0) is 45.2 Å². The van der Waals surface area contributed by atoms with Crippen LogP contribution in [0.4, 0.5) is 0 Å². The Morgan fingerprint density at radius 3 is 2.38 bits per heavy atom. The number of carboxylic acids is 1. The fraction of sp³-hybridized carbons (Fsp3) is 0.462. The molecule has 0 atom stereocenters. The third-order valence-corrected chi connectivity index (χ3v) is 2.74. The zero-order valence-electron chi connectivity index (χ0n) is 10.2. The minimum atomic E-state index is -0.863. The van der Waals surface area contributed by atoms with E-state index >= 15 is 0 Å². The Morgan fingerprint density at radius 1 is 1.31 bits per heavy atom. The summed E-state index contributed by atoms with van der Waals surface area (Å²) in [6, 6.07) is 3.72. The molecule has 0 aliphatic carbocycles. The van der Waals surface area contributed by atoms with E-state index in [1.54, 1.807) is 13.8 Å². The smallest absolute Gasteiger partial charge is 0.309 e. The highest BCUT2D eigenvalue weighted by Gasteiger charge is 2.28. The molecule has 0 aliphatic rings. The van der Waals surface area contributed by atoms with E-state index in [2.05, 4.69) is 0 Å². The fourth-order valence-corrected chi connectivity index (χ4v) is 1.73. The number of carboxylic acid groups (broad SMARTS) is 1. The number of rotatable bonds is 3. The second kappa shape index (κ2) is 4.16. The Kier molecular flexibility index (Phi) is 3.27. The van der Waals surface area contributed by atoms with Gasteiger partial charge in [-0.25, -0.2) is 0 Å². The van der Waals surface area contributed by atoms with Crippen molar-refractivity contribution in [3.63, 3.8) is 0 Å². The number of aromatic hydroxyl groups is 1. The van der Waals surface area contributed by atoms with Crippen molar-refractivity contribution in [2.24, 2.45) is 5.41 Å². The molecule has 88 valence electrons. The van der Waals surface area contributed by atoms with Crippen LogP contribution in [0.2, 0.25) is 0 Å². The molecule has 0 heterocycles. The molecule has 0 amide bonds. The fourth-order valence-electron chi connectivity index (χ4n) is 1.73. The second-order valence-corrected chi connectivity index (χ2v) is 4.96. The number of aliphatic carboxylic acids is 1. The maximum absolute atomic E-state index is 11.0. The van der Waals surface area contributed by atoms with Crippen LogP contribution in [0.1, 0.15) is 30.5 Å². The van der Waals surface area contributed by atoms with E-state index in [1.165, 1.54) is 0 Å². The summed E-state index contributed by atoms with van der Waals surface area (Å²) in [5.41, 5.74) is 1.66. The van der Waals surface area contributed by atoms with Crippen molar-refractivity contribution in [1.29, 1.82) is 0 Å². The molecule has 3 nitrogen and oxygen atoms in total. The first-order valence-corrected chi connectivity index (χ1v) is 5.26. The molecule has 0 aromatic heterocycles. The van der Waals surface area contributed by atoms with Gasteiger partial charge in [-0.3, -0.25) is 4.79 Å². The van der Waals surface area contributed by atoms with Crippen LogP contribution in [0, 0.1) is 19.3 Å². The lowest BCUT2D eigenvalue weighted by Gasteiger charge is -2.20. The van der Waals surface area contributed by atoms with E-state index in [9.17, 15) is 9.90 Å². The maximum atomic E-state index is 11.0. The van der Waals surface area contributed by atoms with Gasteiger partial charge in [0.2, 0.25) is 0 Å². The van der Waals surface area contributed by atoms with Crippen molar-refractivity contribution in [3.05, 3.63) is 28.8 Å². The Balaban J connectivity index is 3.11. The third kappa shape index (κ3) is 2.54. The molecule has 16 heavy (non-hydrogen) atoms. The third-order valence-electron chi connectivity index (χ3n) is 2.74. The minimum Gasteiger partial charge on any atom is -0.507 e. The summed E-state index contributed by atoms with van der Waals surface area (Å²) >= 11 is 0. The lowest BCUT2D eigenvalue weighted by Crippen LogP contribution is -2.26. The summed E-state index contributed by atoms with van der Waals surface area (Å²) in [6.45, 7) is 7.07. The number of carbonyl (C=O) groups is 1. The molecular formula is C13H18O3. The number of hydrogen-bond acceptors (Lipinski definition) is 2. The zero-order valence-corrected chi connectivity index (χ0v) is 10.2. The van der Waals surface area contributed by atoms with Gasteiger partial charge in [0.15, 0.2) is 0 Å². The van der Waals surface area contributed by atoms with Crippen LogP contribution < -0.4 is 0 Å². The van der Waals surface area contributed by atoms with Crippen LogP contribution in [0.25, 0.3) is 0 Å².